The highest BCUT2D eigenvalue weighted by Gasteiger charge is 2.25. The number of carbonyl (C=O) groups excluding carboxylic acids is 1. The standard InChI is InChI=1S/C16H24BrN3O2/c1-4-16(2,3)15(21)19-14-6-5-12(17)13(18-14)11-20-7-9-22-10-8-20/h5-6H,4,7-11H2,1-3H3,(H,18,19,21). The molecule has 122 valence electrons. The normalized spacial score (nSPS) is 16.5. The minimum atomic E-state index is -0.390. The van der Waals surface area contributed by atoms with Crippen molar-refractivity contribution in [2.75, 3.05) is 31.6 Å². The van der Waals surface area contributed by atoms with Gasteiger partial charge in [0.25, 0.3) is 0 Å². The molecular formula is C16H24BrN3O2. The summed E-state index contributed by atoms with van der Waals surface area (Å²) in [7, 11) is 0. The third-order valence-electron chi connectivity index (χ3n) is 4.14. The van der Waals surface area contributed by atoms with Crippen LogP contribution in [0.5, 0.6) is 0 Å². The van der Waals surface area contributed by atoms with Crippen LogP contribution in [0.2, 0.25) is 0 Å². The van der Waals surface area contributed by atoms with E-state index in [1.807, 2.05) is 32.9 Å². The highest BCUT2D eigenvalue weighted by atomic mass is 79.9. The van der Waals surface area contributed by atoms with Crippen LogP contribution >= 0.6 is 15.9 Å². The van der Waals surface area contributed by atoms with Crippen molar-refractivity contribution in [1.29, 1.82) is 0 Å². The zero-order valence-corrected chi connectivity index (χ0v) is 15.1. The average Bonchev–Trinajstić information content (AvgIpc) is 2.51. The molecule has 0 aromatic carbocycles. The fourth-order valence-electron chi connectivity index (χ4n) is 2.08. The van der Waals surface area contributed by atoms with E-state index in [0.29, 0.717) is 5.82 Å². The zero-order chi connectivity index (χ0) is 16.2. The largest absolute Gasteiger partial charge is 0.379 e. The fourth-order valence-corrected chi connectivity index (χ4v) is 2.43. The number of nitrogens with one attached hydrogen (secondary N) is 1. The van der Waals surface area contributed by atoms with E-state index in [9.17, 15) is 4.79 Å². The van der Waals surface area contributed by atoms with Gasteiger partial charge in [-0.3, -0.25) is 9.69 Å². The van der Waals surface area contributed by atoms with Crippen molar-refractivity contribution >= 4 is 27.7 Å². The summed E-state index contributed by atoms with van der Waals surface area (Å²) in [5.41, 5.74) is 0.549. The monoisotopic (exact) mass is 369 g/mol. The van der Waals surface area contributed by atoms with Crippen LogP contribution in [0.1, 0.15) is 32.9 Å². The Balaban J connectivity index is 2.07. The minimum Gasteiger partial charge on any atom is -0.379 e. The van der Waals surface area contributed by atoms with Gasteiger partial charge in [0.15, 0.2) is 0 Å². The van der Waals surface area contributed by atoms with Crippen LogP contribution < -0.4 is 5.32 Å². The average molecular weight is 370 g/mol. The number of ether oxygens (including phenoxy) is 1. The molecule has 0 atom stereocenters. The first kappa shape index (κ1) is 17.4. The number of anilines is 1. The van der Waals surface area contributed by atoms with E-state index in [4.69, 9.17) is 4.74 Å². The highest BCUT2D eigenvalue weighted by Crippen LogP contribution is 2.24. The third kappa shape index (κ3) is 4.51. The molecule has 2 rings (SSSR count). The Morgan fingerprint density at radius 1 is 1.41 bits per heavy atom. The first-order valence-electron chi connectivity index (χ1n) is 7.69. The second-order valence-corrected chi connectivity index (χ2v) is 7.06. The number of nitrogens with zero attached hydrogens (tertiary/aromatic N) is 2. The number of rotatable bonds is 5. The smallest absolute Gasteiger partial charge is 0.231 e. The molecule has 1 aliphatic heterocycles. The molecule has 0 unspecified atom stereocenters. The summed E-state index contributed by atoms with van der Waals surface area (Å²) in [6.45, 7) is 9.99. The van der Waals surface area contributed by atoms with Crippen molar-refractivity contribution in [3.63, 3.8) is 0 Å². The molecule has 1 amide bonds. The van der Waals surface area contributed by atoms with E-state index in [-0.39, 0.29) is 11.3 Å². The summed E-state index contributed by atoms with van der Waals surface area (Å²) in [6, 6.07) is 3.77. The van der Waals surface area contributed by atoms with Gasteiger partial charge in [0, 0.05) is 29.5 Å². The zero-order valence-electron chi connectivity index (χ0n) is 13.5. The van der Waals surface area contributed by atoms with Gasteiger partial charge in [-0.05, 0) is 34.5 Å². The topological polar surface area (TPSA) is 54.5 Å². The van der Waals surface area contributed by atoms with E-state index in [0.717, 1.165) is 49.4 Å². The van der Waals surface area contributed by atoms with Gasteiger partial charge in [-0.2, -0.15) is 0 Å². The maximum Gasteiger partial charge on any atom is 0.231 e. The Hall–Kier alpha value is -0.980. The van der Waals surface area contributed by atoms with Gasteiger partial charge in [-0.1, -0.05) is 20.8 Å². The molecule has 1 aliphatic rings. The molecule has 1 aromatic heterocycles. The lowest BCUT2D eigenvalue weighted by molar-refractivity contribution is -0.124. The Kier molecular flexibility index (Phi) is 5.94. The Morgan fingerprint density at radius 2 is 2.09 bits per heavy atom. The highest BCUT2D eigenvalue weighted by molar-refractivity contribution is 9.10. The molecule has 0 spiro atoms. The van der Waals surface area contributed by atoms with Crippen LogP contribution in [0.15, 0.2) is 16.6 Å². The molecule has 22 heavy (non-hydrogen) atoms. The van der Waals surface area contributed by atoms with Gasteiger partial charge in [0.1, 0.15) is 5.82 Å². The summed E-state index contributed by atoms with van der Waals surface area (Å²) in [4.78, 5) is 19.2. The van der Waals surface area contributed by atoms with Crippen molar-refractivity contribution in [2.45, 2.75) is 33.7 Å². The summed E-state index contributed by atoms with van der Waals surface area (Å²) < 4.78 is 6.33. The molecule has 2 heterocycles. The quantitative estimate of drug-likeness (QED) is 0.866. The van der Waals surface area contributed by atoms with E-state index >= 15 is 0 Å². The maximum absolute atomic E-state index is 12.3. The molecule has 0 bridgehead atoms. The lowest BCUT2D eigenvalue weighted by Gasteiger charge is -2.26. The van der Waals surface area contributed by atoms with Crippen molar-refractivity contribution in [3.05, 3.63) is 22.3 Å². The van der Waals surface area contributed by atoms with Crippen molar-refractivity contribution in [1.82, 2.24) is 9.88 Å². The second-order valence-electron chi connectivity index (χ2n) is 6.21. The van der Waals surface area contributed by atoms with E-state index in [1.165, 1.54) is 0 Å². The second kappa shape index (κ2) is 7.53. The number of hydrogen-bond donors (Lipinski definition) is 1. The molecule has 5 nitrogen and oxygen atoms in total. The Morgan fingerprint density at radius 3 is 2.73 bits per heavy atom. The summed E-state index contributed by atoms with van der Waals surface area (Å²) in [5.74, 6) is 0.611. The molecule has 1 fully saturated rings. The Bertz CT molecular complexity index is 528. The maximum atomic E-state index is 12.3. The van der Waals surface area contributed by atoms with Crippen LogP contribution in [0.4, 0.5) is 5.82 Å². The molecule has 0 aliphatic carbocycles. The first-order chi connectivity index (χ1) is 10.4. The summed E-state index contributed by atoms with van der Waals surface area (Å²) >= 11 is 3.54. The lowest BCUT2D eigenvalue weighted by Crippen LogP contribution is -2.36. The first-order valence-corrected chi connectivity index (χ1v) is 8.48. The predicted octanol–water partition coefficient (Wildman–Crippen LogP) is 3.05. The number of carbonyl (C=O) groups is 1. The van der Waals surface area contributed by atoms with Gasteiger partial charge in [0.2, 0.25) is 5.91 Å². The number of morpholine rings is 1. The molecule has 0 saturated carbocycles. The number of amides is 1. The van der Waals surface area contributed by atoms with Crippen LogP contribution in [0, 0.1) is 5.41 Å². The number of halogens is 1. The molecule has 1 saturated heterocycles. The van der Waals surface area contributed by atoms with Crippen molar-refractivity contribution in [2.24, 2.45) is 5.41 Å². The summed E-state index contributed by atoms with van der Waals surface area (Å²) in [5, 5.41) is 2.92. The Labute approximate surface area is 140 Å². The van der Waals surface area contributed by atoms with E-state index < -0.39 is 0 Å². The van der Waals surface area contributed by atoms with Crippen LogP contribution in [0.25, 0.3) is 0 Å². The molecule has 0 radical (unpaired) electrons. The number of pyridine rings is 1. The fraction of sp³-hybridized carbons (Fsp3) is 0.625. The molecule has 1 aromatic rings. The van der Waals surface area contributed by atoms with Gasteiger partial charge < -0.3 is 10.1 Å². The lowest BCUT2D eigenvalue weighted by atomic mass is 9.89. The SMILES string of the molecule is CCC(C)(C)C(=O)Nc1ccc(Br)c(CN2CCOCC2)n1. The van der Waals surface area contributed by atoms with Crippen molar-refractivity contribution in [3.8, 4) is 0 Å². The van der Waals surface area contributed by atoms with Gasteiger partial charge >= 0.3 is 0 Å². The van der Waals surface area contributed by atoms with Crippen molar-refractivity contribution < 1.29 is 9.53 Å². The third-order valence-corrected chi connectivity index (χ3v) is 4.86. The van der Waals surface area contributed by atoms with Gasteiger partial charge in [0.05, 0.1) is 18.9 Å². The molecule has 1 N–H and O–H groups in total. The van der Waals surface area contributed by atoms with Crippen LogP contribution in [-0.2, 0) is 16.1 Å². The minimum absolute atomic E-state index is 0.00199. The van der Waals surface area contributed by atoms with Crippen LogP contribution in [-0.4, -0.2) is 42.1 Å². The summed E-state index contributed by atoms with van der Waals surface area (Å²) in [6.07, 6.45) is 0.788. The van der Waals surface area contributed by atoms with Crippen LogP contribution in [0.3, 0.4) is 0 Å². The van der Waals surface area contributed by atoms with Gasteiger partial charge in [-0.25, -0.2) is 4.98 Å². The number of aromatic nitrogens is 1. The molecule has 6 heteroatoms. The predicted molar refractivity (Wildman–Crippen MR) is 90.7 cm³/mol. The molecular weight excluding hydrogens is 346 g/mol. The van der Waals surface area contributed by atoms with Gasteiger partial charge in [-0.15, -0.1) is 0 Å². The van der Waals surface area contributed by atoms with E-state index in [1.54, 1.807) is 0 Å². The van der Waals surface area contributed by atoms with E-state index in [2.05, 4.69) is 31.1 Å². The number of hydrogen-bond acceptors (Lipinski definition) is 4.